The molecule has 0 aliphatic heterocycles. The number of aromatic nitrogens is 4. The number of fused-ring (bicyclic) bond motifs is 3. The van der Waals surface area contributed by atoms with E-state index < -0.39 is 7.14 Å². The summed E-state index contributed by atoms with van der Waals surface area (Å²) in [6.07, 6.45) is 8.66. The fourth-order valence-electron chi connectivity index (χ4n) is 6.69. The molecule has 206 valence electrons. The highest BCUT2D eigenvalue weighted by Crippen LogP contribution is 2.47. The van der Waals surface area contributed by atoms with Gasteiger partial charge in [0.25, 0.3) is 0 Å². The Bertz CT molecular complexity index is 2540. The van der Waals surface area contributed by atoms with Crippen LogP contribution in [0.2, 0.25) is 0 Å². The van der Waals surface area contributed by atoms with E-state index in [1.54, 1.807) is 24.8 Å². The fourth-order valence-corrected chi connectivity index (χ4v) is 9.46. The van der Waals surface area contributed by atoms with Crippen molar-refractivity contribution in [3.8, 4) is 11.3 Å². The highest BCUT2D eigenvalue weighted by molar-refractivity contribution is 7.85. The second-order valence-electron chi connectivity index (χ2n) is 11.0. The SMILES string of the molecule is O=P(c1ccncc1)(c1ccncc1)c1ccc2ccc3c(-c4ccc5ccc6cccnc6c5n4)ccc4ccc1c2c43. The Balaban J connectivity index is 1.34. The highest BCUT2D eigenvalue weighted by atomic mass is 31.2. The third-order valence-electron chi connectivity index (χ3n) is 8.74. The van der Waals surface area contributed by atoms with Gasteiger partial charge in [-0.3, -0.25) is 15.0 Å². The van der Waals surface area contributed by atoms with Gasteiger partial charge in [0.15, 0.2) is 7.14 Å². The predicted molar refractivity (Wildman–Crippen MR) is 181 cm³/mol. The van der Waals surface area contributed by atoms with Gasteiger partial charge in [-0.25, -0.2) is 4.98 Å². The summed E-state index contributed by atoms with van der Waals surface area (Å²) in [5, 5.41) is 11.0. The van der Waals surface area contributed by atoms with Crippen LogP contribution in [0.5, 0.6) is 0 Å². The first-order chi connectivity index (χ1) is 21.7. The summed E-state index contributed by atoms with van der Waals surface area (Å²) in [5.74, 6) is 0. The molecule has 5 aromatic carbocycles. The molecule has 0 fully saturated rings. The van der Waals surface area contributed by atoms with E-state index in [-0.39, 0.29) is 0 Å². The van der Waals surface area contributed by atoms with Crippen LogP contribution in [-0.2, 0) is 4.57 Å². The monoisotopic (exact) mass is 582 g/mol. The lowest BCUT2D eigenvalue weighted by Crippen LogP contribution is -2.25. The molecule has 9 rings (SSSR count). The molecule has 0 aliphatic carbocycles. The van der Waals surface area contributed by atoms with E-state index in [4.69, 9.17) is 4.98 Å². The van der Waals surface area contributed by atoms with Gasteiger partial charge in [-0.1, -0.05) is 66.7 Å². The van der Waals surface area contributed by atoms with Crippen LogP contribution in [0, 0.1) is 0 Å². The second kappa shape index (κ2) is 9.50. The number of hydrogen-bond donors (Lipinski definition) is 0. The van der Waals surface area contributed by atoms with E-state index in [2.05, 4.69) is 87.7 Å². The van der Waals surface area contributed by atoms with Crippen LogP contribution in [0.15, 0.2) is 140 Å². The molecule has 44 heavy (non-hydrogen) atoms. The normalized spacial score (nSPS) is 12.2. The molecule has 0 aliphatic rings. The minimum Gasteiger partial charge on any atom is -0.309 e. The molecule has 0 unspecified atom stereocenters. The number of hydrogen-bond acceptors (Lipinski definition) is 5. The smallest absolute Gasteiger partial charge is 0.171 e. The van der Waals surface area contributed by atoms with Gasteiger partial charge < -0.3 is 4.57 Å². The Labute approximate surface area is 252 Å². The molecule has 0 amide bonds. The molecule has 0 atom stereocenters. The van der Waals surface area contributed by atoms with Crippen molar-refractivity contribution in [2.75, 3.05) is 0 Å². The standard InChI is InChI=1S/C38H23N4OP/c43-44(28-15-20-39-21-16-28,29-17-22-40-23-18-29)34-14-9-25-6-11-31-30(10-5-24-7-12-32(34)36(25)35(24)31)33-13-8-27-4-3-26-2-1-19-41-37(26)38(27)42-33/h1-23H. The summed E-state index contributed by atoms with van der Waals surface area (Å²) in [4.78, 5) is 18.2. The molecule has 5 nitrogen and oxygen atoms in total. The lowest BCUT2D eigenvalue weighted by Gasteiger charge is -2.23. The van der Waals surface area contributed by atoms with E-state index >= 15 is 4.57 Å². The number of rotatable bonds is 4. The lowest BCUT2D eigenvalue weighted by atomic mass is 9.91. The van der Waals surface area contributed by atoms with E-state index in [1.165, 1.54) is 0 Å². The van der Waals surface area contributed by atoms with Gasteiger partial charge >= 0.3 is 0 Å². The maximum absolute atomic E-state index is 15.4. The van der Waals surface area contributed by atoms with Crippen LogP contribution in [-0.4, -0.2) is 19.9 Å². The number of pyridine rings is 4. The Kier molecular flexibility index (Phi) is 5.40. The lowest BCUT2D eigenvalue weighted by molar-refractivity contribution is 0.592. The van der Waals surface area contributed by atoms with Gasteiger partial charge in [0.05, 0.1) is 16.7 Å². The quantitative estimate of drug-likeness (QED) is 0.157. The van der Waals surface area contributed by atoms with Crippen molar-refractivity contribution < 1.29 is 4.57 Å². The number of nitrogens with zero attached hydrogens (tertiary/aromatic N) is 4. The zero-order chi connectivity index (χ0) is 29.3. The third kappa shape index (κ3) is 3.57. The Morgan fingerprint density at radius 3 is 1.77 bits per heavy atom. The van der Waals surface area contributed by atoms with Crippen molar-refractivity contribution in [1.82, 2.24) is 19.9 Å². The molecule has 0 radical (unpaired) electrons. The van der Waals surface area contributed by atoms with Crippen molar-refractivity contribution in [2.45, 2.75) is 0 Å². The Morgan fingerprint density at radius 2 is 1.05 bits per heavy atom. The van der Waals surface area contributed by atoms with Crippen molar-refractivity contribution in [2.24, 2.45) is 0 Å². The number of benzene rings is 5. The molecule has 0 saturated heterocycles. The summed E-state index contributed by atoms with van der Waals surface area (Å²) in [6, 6.07) is 37.0. The molecule has 6 heteroatoms. The topological polar surface area (TPSA) is 68.6 Å². The first-order valence-electron chi connectivity index (χ1n) is 14.5. The summed E-state index contributed by atoms with van der Waals surface area (Å²) >= 11 is 0. The average Bonchev–Trinajstić information content (AvgIpc) is 3.10. The van der Waals surface area contributed by atoms with Crippen LogP contribution >= 0.6 is 7.14 Å². The largest absolute Gasteiger partial charge is 0.309 e. The third-order valence-corrected chi connectivity index (χ3v) is 11.9. The molecule has 4 aromatic heterocycles. The Hall–Kier alpha value is -5.51. The molecular formula is C38H23N4OP. The van der Waals surface area contributed by atoms with Crippen LogP contribution < -0.4 is 15.9 Å². The molecular weight excluding hydrogens is 559 g/mol. The molecule has 4 heterocycles. The highest BCUT2D eigenvalue weighted by Gasteiger charge is 2.32. The average molecular weight is 583 g/mol. The van der Waals surface area contributed by atoms with Crippen LogP contribution in [0.1, 0.15) is 0 Å². The molecule has 0 spiro atoms. The second-order valence-corrected chi connectivity index (χ2v) is 13.8. The molecule has 0 saturated carbocycles. The van der Waals surface area contributed by atoms with Crippen LogP contribution in [0.4, 0.5) is 0 Å². The van der Waals surface area contributed by atoms with Gasteiger partial charge in [-0.2, -0.15) is 0 Å². The van der Waals surface area contributed by atoms with Gasteiger partial charge in [-0.15, -0.1) is 0 Å². The van der Waals surface area contributed by atoms with E-state index in [0.717, 1.165) is 81.3 Å². The maximum Gasteiger partial charge on any atom is 0.171 e. The summed E-state index contributed by atoms with van der Waals surface area (Å²) in [7, 11) is -3.26. The molecule has 0 bridgehead atoms. The van der Waals surface area contributed by atoms with Crippen molar-refractivity contribution in [1.29, 1.82) is 0 Å². The minimum atomic E-state index is -3.26. The fraction of sp³-hybridized carbons (Fsp3) is 0. The first-order valence-corrected chi connectivity index (χ1v) is 16.2. The van der Waals surface area contributed by atoms with E-state index in [9.17, 15) is 0 Å². The van der Waals surface area contributed by atoms with E-state index in [1.807, 2.05) is 42.6 Å². The van der Waals surface area contributed by atoms with Crippen molar-refractivity contribution in [3.05, 3.63) is 140 Å². The first kappa shape index (κ1) is 25.0. The van der Waals surface area contributed by atoms with Gasteiger partial charge in [-0.05, 0) is 74.8 Å². The Morgan fingerprint density at radius 1 is 0.477 bits per heavy atom. The van der Waals surface area contributed by atoms with Gasteiger partial charge in [0, 0.05) is 63.2 Å². The molecule has 0 N–H and O–H groups in total. The van der Waals surface area contributed by atoms with Crippen LogP contribution in [0.3, 0.4) is 0 Å². The summed E-state index contributed by atoms with van der Waals surface area (Å²) in [6.45, 7) is 0. The van der Waals surface area contributed by atoms with E-state index in [0.29, 0.717) is 0 Å². The maximum atomic E-state index is 15.4. The zero-order valence-corrected chi connectivity index (χ0v) is 24.3. The van der Waals surface area contributed by atoms with Crippen molar-refractivity contribution >= 4 is 77.2 Å². The van der Waals surface area contributed by atoms with Crippen LogP contribution in [0.25, 0.3) is 65.4 Å². The minimum absolute atomic E-state index is 0.746. The zero-order valence-electron chi connectivity index (χ0n) is 23.4. The summed E-state index contributed by atoms with van der Waals surface area (Å²) < 4.78 is 15.4. The van der Waals surface area contributed by atoms with Gasteiger partial charge in [0.1, 0.15) is 0 Å². The van der Waals surface area contributed by atoms with Gasteiger partial charge in [0.2, 0.25) is 0 Å². The molecule has 9 aromatic rings. The summed E-state index contributed by atoms with van der Waals surface area (Å²) in [5.41, 5.74) is 3.74. The van der Waals surface area contributed by atoms with Crippen molar-refractivity contribution in [3.63, 3.8) is 0 Å². The predicted octanol–water partition coefficient (Wildman–Crippen LogP) is 7.78.